The van der Waals surface area contributed by atoms with Crippen molar-refractivity contribution in [2.45, 2.75) is 44.8 Å². The Kier molecular flexibility index (Phi) is 6.41. The number of anilines is 2. The standard InChI is InChI=1S/C23H25ClF3N7O2/c1-2-17-19(32-9-7-28-8-10-32)21(36)34-22(30-20(31-34)13-3-4-13)33(17)12-18(35)29-16-6-5-14(11-15(16)24)23(25,26)27/h5-6,11,13,28H,2-4,7-10,12H2,1H3,(H,29,35). The number of hydrogen-bond acceptors (Lipinski definition) is 6. The van der Waals surface area contributed by atoms with Crippen LogP contribution >= 0.6 is 11.6 Å². The Morgan fingerprint density at radius 1 is 1.25 bits per heavy atom. The molecule has 9 nitrogen and oxygen atoms in total. The predicted octanol–water partition coefficient (Wildman–Crippen LogP) is 3.05. The fourth-order valence-corrected chi connectivity index (χ4v) is 4.70. The van der Waals surface area contributed by atoms with Gasteiger partial charge >= 0.3 is 6.18 Å². The van der Waals surface area contributed by atoms with Crippen molar-refractivity contribution in [1.29, 1.82) is 0 Å². The van der Waals surface area contributed by atoms with E-state index in [1.165, 1.54) is 4.52 Å². The lowest BCUT2D eigenvalue weighted by atomic mass is 10.2. The minimum Gasteiger partial charge on any atom is -0.363 e. The monoisotopic (exact) mass is 523 g/mol. The fraction of sp³-hybridized carbons (Fsp3) is 0.478. The van der Waals surface area contributed by atoms with Gasteiger partial charge in [-0.1, -0.05) is 18.5 Å². The fourth-order valence-electron chi connectivity index (χ4n) is 4.47. The lowest BCUT2D eigenvalue weighted by Gasteiger charge is -2.31. The molecule has 1 aliphatic carbocycles. The van der Waals surface area contributed by atoms with Gasteiger partial charge in [0.1, 0.15) is 12.2 Å². The summed E-state index contributed by atoms with van der Waals surface area (Å²) in [6, 6.07) is 2.76. The second-order valence-electron chi connectivity index (χ2n) is 8.97. The smallest absolute Gasteiger partial charge is 0.363 e. The van der Waals surface area contributed by atoms with Crippen LogP contribution in [0.2, 0.25) is 5.02 Å². The summed E-state index contributed by atoms with van der Waals surface area (Å²) < 4.78 is 41.8. The number of nitrogens with zero attached hydrogens (tertiary/aromatic N) is 5. The van der Waals surface area contributed by atoms with E-state index in [1.807, 2.05) is 11.8 Å². The van der Waals surface area contributed by atoms with Crippen molar-refractivity contribution < 1.29 is 18.0 Å². The van der Waals surface area contributed by atoms with Crippen LogP contribution in [0.15, 0.2) is 23.0 Å². The molecule has 1 aromatic carbocycles. The summed E-state index contributed by atoms with van der Waals surface area (Å²) in [6.45, 7) is 4.38. The molecule has 3 heterocycles. The van der Waals surface area contributed by atoms with Gasteiger partial charge in [-0.2, -0.15) is 22.7 Å². The Bertz CT molecular complexity index is 1370. The first-order chi connectivity index (χ1) is 17.2. The number of rotatable bonds is 6. The number of halogens is 4. The number of nitrogens with one attached hydrogen (secondary N) is 2. The number of carbonyl (C=O) groups is 1. The average molecular weight is 524 g/mol. The third-order valence-electron chi connectivity index (χ3n) is 6.42. The zero-order valence-corrected chi connectivity index (χ0v) is 20.3. The van der Waals surface area contributed by atoms with E-state index in [-0.39, 0.29) is 34.5 Å². The second kappa shape index (κ2) is 9.40. The van der Waals surface area contributed by atoms with Gasteiger partial charge in [0, 0.05) is 32.1 Å². The SMILES string of the molecule is CCc1c(N2CCNCC2)c(=O)n2nc(C3CC3)nc2n1CC(=O)Nc1ccc(C(F)(F)F)cc1Cl. The third-order valence-corrected chi connectivity index (χ3v) is 6.74. The van der Waals surface area contributed by atoms with Crippen LogP contribution in [-0.4, -0.2) is 51.3 Å². The van der Waals surface area contributed by atoms with Crippen LogP contribution in [0.1, 0.15) is 42.8 Å². The molecule has 2 aromatic heterocycles. The third kappa shape index (κ3) is 4.66. The Labute approximate surface area is 209 Å². The molecule has 0 unspecified atom stereocenters. The van der Waals surface area contributed by atoms with E-state index in [4.69, 9.17) is 11.6 Å². The zero-order chi connectivity index (χ0) is 25.6. The van der Waals surface area contributed by atoms with E-state index in [9.17, 15) is 22.8 Å². The summed E-state index contributed by atoms with van der Waals surface area (Å²) in [4.78, 5) is 33.2. The number of piperazine rings is 1. The molecule has 1 saturated carbocycles. The van der Waals surface area contributed by atoms with Crippen molar-refractivity contribution in [1.82, 2.24) is 24.5 Å². The summed E-state index contributed by atoms with van der Waals surface area (Å²) >= 11 is 6.03. The first-order valence-corrected chi connectivity index (χ1v) is 12.2. The second-order valence-corrected chi connectivity index (χ2v) is 9.38. The number of amides is 1. The summed E-state index contributed by atoms with van der Waals surface area (Å²) in [5, 5.41) is 10.1. The molecule has 0 radical (unpaired) electrons. The maximum Gasteiger partial charge on any atom is 0.416 e. The number of aromatic nitrogens is 4. The molecular formula is C23H25ClF3N7O2. The normalized spacial score (nSPS) is 16.5. The first-order valence-electron chi connectivity index (χ1n) is 11.8. The summed E-state index contributed by atoms with van der Waals surface area (Å²) in [5.41, 5.74) is 0.0207. The minimum atomic E-state index is -4.54. The van der Waals surface area contributed by atoms with Crippen LogP contribution in [0.25, 0.3) is 5.78 Å². The quantitative estimate of drug-likeness (QED) is 0.515. The molecule has 1 aliphatic heterocycles. The number of alkyl halides is 3. The highest BCUT2D eigenvalue weighted by Crippen LogP contribution is 2.38. The number of hydrogen-bond donors (Lipinski definition) is 2. The molecule has 1 amide bonds. The Morgan fingerprint density at radius 2 is 1.97 bits per heavy atom. The summed E-state index contributed by atoms with van der Waals surface area (Å²) in [6.07, 6.45) is -2.19. The molecule has 2 aliphatic rings. The van der Waals surface area contributed by atoms with Crippen LogP contribution in [0, 0.1) is 0 Å². The van der Waals surface area contributed by atoms with E-state index >= 15 is 0 Å². The van der Waals surface area contributed by atoms with E-state index in [0.29, 0.717) is 36.7 Å². The molecule has 2 N–H and O–H groups in total. The molecule has 5 rings (SSSR count). The minimum absolute atomic E-state index is 0.0623. The van der Waals surface area contributed by atoms with Crippen molar-refractivity contribution >= 4 is 34.7 Å². The Hall–Kier alpha value is -3.12. The largest absolute Gasteiger partial charge is 0.416 e. The number of fused-ring (bicyclic) bond motifs is 1. The molecule has 2 fully saturated rings. The van der Waals surface area contributed by atoms with Crippen LogP contribution < -0.4 is 21.1 Å². The number of carbonyl (C=O) groups excluding carboxylic acids is 1. The Balaban J connectivity index is 1.53. The maximum absolute atomic E-state index is 13.5. The molecule has 0 atom stereocenters. The van der Waals surface area contributed by atoms with Crippen molar-refractivity contribution in [2.24, 2.45) is 0 Å². The summed E-state index contributed by atoms with van der Waals surface area (Å²) in [7, 11) is 0. The Morgan fingerprint density at radius 3 is 2.58 bits per heavy atom. The van der Waals surface area contributed by atoms with Crippen LogP contribution in [-0.2, 0) is 23.9 Å². The number of benzene rings is 1. The van der Waals surface area contributed by atoms with Gasteiger partial charge in [0.25, 0.3) is 5.56 Å². The van der Waals surface area contributed by atoms with Crippen molar-refractivity contribution in [2.75, 3.05) is 36.4 Å². The van der Waals surface area contributed by atoms with Crippen molar-refractivity contribution in [3.8, 4) is 0 Å². The van der Waals surface area contributed by atoms with Gasteiger partial charge in [0.2, 0.25) is 11.7 Å². The highest BCUT2D eigenvalue weighted by molar-refractivity contribution is 6.33. The molecule has 1 saturated heterocycles. The van der Waals surface area contributed by atoms with Crippen molar-refractivity contribution in [3.63, 3.8) is 0 Å². The highest BCUT2D eigenvalue weighted by atomic mass is 35.5. The van der Waals surface area contributed by atoms with Crippen molar-refractivity contribution in [3.05, 3.63) is 50.7 Å². The maximum atomic E-state index is 13.5. The lowest BCUT2D eigenvalue weighted by molar-refractivity contribution is -0.137. The topological polar surface area (TPSA) is 96.6 Å². The molecular weight excluding hydrogens is 499 g/mol. The van der Waals surface area contributed by atoms with Gasteiger partial charge in [-0.3, -0.25) is 9.59 Å². The first kappa shape index (κ1) is 24.6. The highest BCUT2D eigenvalue weighted by Gasteiger charge is 2.32. The molecule has 0 spiro atoms. The molecule has 36 heavy (non-hydrogen) atoms. The van der Waals surface area contributed by atoms with E-state index in [1.54, 1.807) is 4.57 Å². The van der Waals surface area contributed by atoms with Gasteiger partial charge in [-0.15, -0.1) is 5.10 Å². The molecule has 0 bridgehead atoms. The van der Waals surface area contributed by atoms with Crippen LogP contribution in [0.5, 0.6) is 0 Å². The zero-order valence-electron chi connectivity index (χ0n) is 19.5. The average Bonchev–Trinajstić information content (AvgIpc) is 3.59. The van der Waals surface area contributed by atoms with Gasteiger partial charge < -0.3 is 20.1 Å². The predicted molar refractivity (Wildman–Crippen MR) is 129 cm³/mol. The van der Waals surface area contributed by atoms with Crippen LogP contribution in [0.3, 0.4) is 0 Å². The lowest BCUT2D eigenvalue weighted by Crippen LogP contribution is -2.47. The van der Waals surface area contributed by atoms with Crippen LogP contribution in [0.4, 0.5) is 24.5 Å². The molecule has 192 valence electrons. The van der Waals surface area contributed by atoms with Gasteiger partial charge in [-0.25, -0.2) is 0 Å². The van der Waals surface area contributed by atoms with Gasteiger partial charge in [0.15, 0.2) is 5.82 Å². The molecule has 13 heteroatoms. The van der Waals surface area contributed by atoms with E-state index in [2.05, 4.69) is 20.7 Å². The summed E-state index contributed by atoms with van der Waals surface area (Å²) in [5.74, 6) is 0.530. The molecule has 3 aromatic rings. The van der Waals surface area contributed by atoms with E-state index in [0.717, 1.165) is 44.1 Å². The van der Waals surface area contributed by atoms with Gasteiger partial charge in [0.05, 0.1) is 22.0 Å². The van der Waals surface area contributed by atoms with E-state index < -0.39 is 17.6 Å². The van der Waals surface area contributed by atoms with Gasteiger partial charge in [-0.05, 0) is 37.5 Å².